The number of nitrogens with one attached hydrogen (secondary N) is 4. The fourth-order valence-corrected chi connectivity index (χ4v) is 6.18. The zero-order chi connectivity index (χ0) is 33.5. The molecule has 12 heteroatoms. The van der Waals surface area contributed by atoms with Crippen LogP contribution in [0.5, 0.6) is 11.5 Å². The van der Waals surface area contributed by atoms with Gasteiger partial charge in [-0.05, 0) is 104 Å². The summed E-state index contributed by atoms with van der Waals surface area (Å²) in [5.74, 6) is -0.600. The molecule has 0 bridgehead atoms. The van der Waals surface area contributed by atoms with Gasteiger partial charge >= 0.3 is 0 Å². The molecule has 246 valence electrons. The molecule has 0 spiro atoms. The van der Waals surface area contributed by atoms with Gasteiger partial charge in [0.05, 0.1) is 40.2 Å². The predicted molar refractivity (Wildman–Crippen MR) is 185 cm³/mol. The molecule has 4 N–H and O–H groups in total. The van der Waals surface area contributed by atoms with E-state index in [4.69, 9.17) is 44.3 Å². The normalized spacial score (nSPS) is 13.3. The van der Waals surface area contributed by atoms with Crippen LogP contribution in [0.3, 0.4) is 0 Å². The van der Waals surface area contributed by atoms with Crippen molar-refractivity contribution in [3.8, 4) is 11.5 Å². The van der Waals surface area contributed by atoms with Crippen molar-refractivity contribution in [2.45, 2.75) is 32.9 Å². The summed E-state index contributed by atoms with van der Waals surface area (Å²) in [4.78, 5) is 24.8. The Morgan fingerprint density at radius 1 is 0.766 bits per heavy atom. The lowest BCUT2D eigenvalue weighted by atomic mass is 10.00. The second kappa shape index (κ2) is 15.8. The highest BCUT2D eigenvalue weighted by Crippen LogP contribution is 2.33. The molecule has 0 saturated heterocycles. The van der Waals surface area contributed by atoms with Crippen LogP contribution in [0.15, 0.2) is 60.7 Å². The molecule has 0 aliphatic carbocycles. The Labute approximate surface area is 287 Å². The molecule has 0 radical (unpaired) electrons. The van der Waals surface area contributed by atoms with Gasteiger partial charge in [0.1, 0.15) is 5.75 Å². The van der Waals surface area contributed by atoms with E-state index in [0.717, 1.165) is 43.1 Å². The molecule has 4 aromatic rings. The number of anilines is 2. The lowest BCUT2D eigenvalue weighted by Crippen LogP contribution is -2.24. The first kappa shape index (κ1) is 34.5. The van der Waals surface area contributed by atoms with Crippen LogP contribution < -0.4 is 30.7 Å². The number of carbonyl (C=O) groups is 2. The van der Waals surface area contributed by atoms with E-state index in [1.54, 1.807) is 24.3 Å². The Kier molecular flexibility index (Phi) is 11.6. The molecule has 0 aromatic heterocycles. The minimum atomic E-state index is -0.583. The number of amides is 2. The van der Waals surface area contributed by atoms with Gasteiger partial charge in [-0.1, -0.05) is 46.9 Å². The first-order valence-electron chi connectivity index (χ1n) is 15.1. The van der Waals surface area contributed by atoms with E-state index in [1.807, 2.05) is 25.1 Å². The summed E-state index contributed by atoms with van der Waals surface area (Å²) in [5, 5.41) is 13.7. The van der Waals surface area contributed by atoms with Crippen molar-refractivity contribution in [1.29, 1.82) is 0 Å². The van der Waals surface area contributed by atoms with E-state index in [1.165, 1.54) is 30.4 Å². The molecule has 0 fully saturated rings. The number of hydrogen-bond acceptors (Lipinski definition) is 6. The zero-order valence-electron chi connectivity index (χ0n) is 25.9. The highest BCUT2D eigenvalue weighted by atomic mass is 35.5. The van der Waals surface area contributed by atoms with Crippen molar-refractivity contribution in [2.75, 3.05) is 37.4 Å². The van der Waals surface area contributed by atoms with Crippen LogP contribution >= 0.6 is 34.8 Å². The van der Waals surface area contributed by atoms with Crippen molar-refractivity contribution in [3.05, 3.63) is 115 Å². The molecule has 2 aliphatic heterocycles. The molecule has 2 amide bonds. The Balaban J connectivity index is 0.000000185. The molecule has 2 aliphatic rings. The minimum Gasteiger partial charge on any atom is -0.494 e. The Bertz CT molecular complexity index is 1800. The summed E-state index contributed by atoms with van der Waals surface area (Å²) in [5.41, 5.74) is 6.24. The van der Waals surface area contributed by atoms with Crippen LogP contribution in [-0.4, -0.2) is 38.6 Å². The molecule has 6 rings (SSSR count). The summed E-state index contributed by atoms with van der Waals surface area (Å²) in [6.45, 7) is 5.65. The van der Waals surface area contributed by atoms with Crippen LogP contribution in [0.4, 0.5) is 15.8 Å². The molecule has 0 unspecified atom stereocenters. The average molecular weight is 700 g/mol. The van der Waals surface area contributed by atoms with Crippen molar-refractivity contribution in [3.63, 3.8) is 0 Å². The fraction of sp³-hybridized carbons (Fsp3) is 0.257. The van der Waals surface area contributed by atoms with Crippen LogP contribution in [0.25, 0.3) is 0 Å². The quantitative estimate of drug-likeness (QED) is 0.158. The largest absolute Gasteiger partial charge is 0.494 e. The molecule has 8 nitrogen and oxygen atoms in total. The van der Waals surface area contributed by atoms with E-state index >= 15 is 0 Å². The van der Waals surface area contributed by atoms with Crippen LogP contribution in [-0.2, 0) is 25.9 Å². The van der Waals surface area contributed by atoms with E-state index < -0.39 is 11.7 Å². The van der Waals surface area contributed by atoms with Gasteiger partial charge in [-0.3, -0.25) is 9.59 Å². The van der Waals surface area contributed by atoms with Crippen molar-refractivity contribution in [2.24, 2.45) is 0 Å². The minimum absolute atomic E-state index is 0.0967. The molecule has 4 aromatic carbocycles. The standard InChI is InChI=1S/C18H18Cl2N2O2.C17H16ClFN2O2/c1-2-24-16-6-4-12(9-14(16)19)18(23)22-15-5-3-11-7-8-21-10-13(11)17(15)20;1-23-15-5-3-11(8-13(15)19)17(22)21-14-4-2-10-6-7-20-9-12(10)16(14)18/h3-6,9,21H,2,7-8,10H2,1H3,(H,22,23);2-5,8,20H,6-7,9H2,1H3,(H,21,22). The van der Waals surface area contributed by atoms with Gasteiger partial charge in [-0.15, -0.1) is 0 Å². The highest BCUT2D eigenvalue weighted by Gasteiger charge is 2.19. The Morgan fingerprint density at radius 2 is 1.28 bits per heavy atom. The number of hydrogen-bond donors (Lipinski definition) is 4. The van der Waals surface area contributed by atoms with E-state index in [-0.39, 0.29) is 17.2 Å². The third-order valence-electron chi connectivity index (χ3n) is 7.83. The van der Waals surface area contributed by atoms with Gasteiger partial charge in [-0.25, -0.2) is 4.39 Å². The van der Waals surface area contributed by atoms with Crippen molar-refractivity contribution >= 4 is 58.0 Å². The van der Waals surface area contributed by atoms with Gasteiger partial charge in [-0.2, -0.15) is 0 Å². The molecule has 0 atom stereocenters. The predicted octanol–water partition coefficient (Wildman–Crippen LogP) is 7.68. The third-order valence-corrected chi connectivity index (χ3v) is 8.99. The SMILES string of the molecule is CCOc1ccc(C(=O)Nc2ccc3c(c2Cl)CNCC3)cc1Cl.COc1ccc(C(=O)Nc2ccc3c(c2Cl)CNCC3)cc1F. The van der Waals surface area contributed by atoms with Crippen LogP contribution in [0.2, 0.25) is 15.1 Å². The second-order valence-corrected chi connectivity index (χ2v) is 12.0. The van der Waals surface area contributed by atoms with E-state index in [9.17, 15) is 14.0 Å². The van der Waals surface area contributed by atoms with Gasteiger partial charge in [0.2, 0.25) is 0 Å². The average Bonchev–Trinajstić information content (AvgIpc) is 3.08. The molecular weight excluding hydrogens is 666 g/mol. The molecular formula is C35H34Cl3FN4O4. The summed E-state index contributed by atoms with van der Waals surface area (Å²) in [6, 6.07) is 16.6. The summed E-state index contributed by atoms with van der Waals surface area (Å²) < 4.78 is 23.9. The van der Waals surface area contributed by atoms with Gasteiger partial charge in [0.15, 0.2) is 11.6 Å². The lowest BCUT2D eigenvalue weighted by Gasteiger charge is -2.20. The van der Waals surface area contributed by atoms with E-state index in [2.05, 4.69) is 21.3 Å². The first-order valence-corrected chi connectivity index (χ1v) is 16.2. The van der Waals surface area contributed by atoms with Crippen molar-refractivity contribution in [1.82, 2.24) is 10.6 Å². The second-order valence-electron chi connectivity index (χ2n) is 10.8. The number of ether oxygens (including phenoxy) is 2. The van der Waals surface area contributed by atoms with Crippen LogP contribution in [0, 0.1) is 5.82 Å². The molecule has 47 heavy (non-hydrogen) atoms. The Morgan fingerprint density at radius 3 is 1.74 bits per heavy atom. The van der Waals surface area contributed by atoms with Gasteiger partial charge in [0.25, 0.3) is 11.8 Å². The maximum absolute atomic E-state index is 13.7. The fourth-order valence-electron chi connectivity index (χ4n) is 5.35. The smallest absolute Gasteiger partial charge is 0.255 e. The number of benzene rings is 4. The highest BCUT2D eigenvalue weighted by molar-refractivity contribution is 6.35. The maximum atomic E-state index is 13.7. The number of carbonyl (C=O) groups excluding carboxylic acids is 2. The summed E-state index contributed by atoms with van der Waals surface area (Å²) in [6.07, 6.45) is 1.85. The molecule has 0 saturated carbocycles. The topological polar surface area (TPSA) is 101 Å². The van der Waals surface area contributed by atoms with Gasteiger partial charge < -0.3 is 30.7 Å². The summed E-state index contributed by atoms with van der Waals surface area (Å²) >= 11 is 19.0. The lowest BCUT2D eigenvalue weighted by molar-refractivity contribution is 0.101. The van der Waals surface area contributed by atoms with Crippen LogP contribution in [0.1, 0.15) is 49.9 Å². The van der Waals surface area contributed by atoms with Crippen molar-refractivity contribution < 1.29 is 23.5 Å². The third kappa shape index (κ3) is 8.17. The number of rotatable bonds is 7. The zero-order valence-corrected chi connectivity index (χ0v) is 28.1. The van der Waals surface area contributed by atoms with E-state index in [0.29, 0.717) is 57.5 Å². The number of fused-ring (bicyclic) bond motifs is 2. The first-order chi connectivity index (χ1) is 22.7. The van der Waals surface area contributed by atoms with Gasteiger partial charge in [0, 0.05) is 24.2 Å². The molecule has 2 heterocycles. The number of methoxy groups -OCH3 is 1. The number of halogens is 4. The Hall–Kier alpha value is -3.86. The monoisotopic (exact) mass is 698 g/mol. The maximum Gasteiger partial charge on any atom is 0.255 e. The summed E-state index contributed by atoms with van der Waals surface area (Å²) in [7, 11) is 1.37.